The van der Waals surface area contributed by atoms with Crippen LogP contribution in [0.5, 0.6) is 5.75 Å². The SMILES string of the molecule is CCSc1cc(OC)c(Nc2ncc(C(F)(F)F)c(NC)n2)cc1C. The Hall–Kier alpha value is -2.16. The molecule has 0 aliphatic rings. The van der Waals surface area contributed by atoms with Gasteiger partial charge in [0.05, 0.1) is 12.8 Å². The van der Waals surface area contributed by atoms with Gasteiger partial charge in [0.2, 0.25) is 5.95 Å². The number of thioether (sulfide) groups is 1. The van der Waals surface area contributed by atoms with Crippen LogP contribution in [0, 0.1) is 6.92 Å². The molecule has 1 aromatic carbocycles. The molecule has 136 valence electrons. The maximum Gasteiger partial charge on any atom is 0.421 e. The van der Waals surface area contributed by atoms with Gasteiger partial charge in [-0.2, -0.15) is 18.2 Å². The molecule has 2 aromatic rings. The Morgan fingerprint density at radius 3 is 2.56 bits per heavy atom. The third kappa shape index (κ3) is 4.47. The maximum absolute atomic E-state index is 12.9. The normalized spacial score (nSPS) is 11.3. The lowest BCUT2D eigenvalue weighted by molar-refractivity contribution is -0.137. The highest BCUT2D eigenvalue weighted by Gasteiger charge is 2.35. The summed E-state index contributed by atoms with van der Waals surface area (Å²) >= 11 is 1.68. The van der Waals surface area contributed by atoms with Crippen molar-refractivity contribution in [3.8, 4) is 5.75 Å². The zero-order valence-corrected chi connectivity index (χ0v) is 15.1. The summed E-state index contributed by atoms with van der Waals surface area (Å²) in [6.45, 7) is 4.01. The molecular formula is C16H19F3N4OS. The van der Waals surface area contributed by atoms with E-state index in [1.54, 1.807) is 11.8 Å². The van der Waals surface area contributed by atoms with Crippen LogP contribution in [0.25, 0.3) is 0 Å². The monoisotopic (exact) mass is 372 g/mol. The van der Waals surface area contributed by atoms with Gasteiger partial charge in [0.1, 0.15) is 17.1 Å². The molecule has 9 heteroatoms. The van der Waals surface area contributed by atoms with Crippen molar-refractivity contribution >= 4 is 29.2 Å². The highest BCUT2D eigenvalue weighted by atomic mass is 32.2. The van der Waals surface area contributed by atoms with Gasteiger partial charge < -0.3 is 15.4 Å². The number of aromatic nitrogens is 2. The molecule has 5 nitrogen and oxygen atoms in total. The number of alkyl halides is 3. The fraction of sp³-hybridized carbons (Fsp3) is 0.375. The molecule has 2 N–H and O–H groups in total. The molecule has 0 saturated carbocycles. The smallest absolute Gasteiger partial charge is 0.421 e. The largest absolute Gasteiger partial charge is 0.495 e. The topological polar surface area (TPSA) is 59.1 Å². The van der Waals surface area contributed by atoms with Crippen molar-refractivity contribution in [1.29, 1.82) is 0 Å². The molecular weight excluding hydrogens is 353 g/mol. The molecule has 0 fully saturated rings. The lowest BCUT2D eigenvalue weighted by atomic mass is 10.2. The van der Waals surface area contributed by atoms with Gasteiger partial charge >= 0.3 is 6.18 Å². The third-order valence-electron chi connectivity index (χ3n) is 3.37. The van der Waals surface area contributed by atoms with Gasteiger partial charge in [-0.1, -0.05) is 6.92 Å². The third-order valence-corrected chi connectivity index (χ3v) is 4.41. The average Bonchev–Trinajstić information content (AvgIpc) is 2.56. The van der Waals surface area contributed by atoms with Crippen LogP contribution in [0.15, 0.2) is 23.2 Å². The van der Waals surface area contributed by atoms with E-state index in [-0.39, 0.29) is 11.8 Å². The number of anilines is 3. The van der Waals surface area contributed by atoms with E-state index in [9.17, 15) is 13.2 Å². The number of benzene rings is 1. The fourth-order valence-electron chi connectivity index (χ4n) is 2.21. The summed E-state index contributed by atoms with van der Waals surface area (Å²) in [4.78, 5) is 8.75. The number of halogens is 3. The molecule has 0 radical (unpaired) electrons. The second-order valence-electron chi connectivity index (χ2n) is 5.08. The number of nitrogens with zero attached hydrogens (tertiary/aromatic N) is 2. The lowest BCUT2D eigenvalue weighted by Gasteiger charge is -2.16. The van der Waals surface area contributed by atoms with E-state index in [1.807, 2.05) is 19.1 Å². The minimum atomic E-state index is -4.52. The molecule has 0 aliphatic heterocycles. The van der Waals surface area contributed by atoms with E-state index in [2.05, 4.69) is 27.5 Å². The van der Waals surface area contributed by atoms with Crippen LogP contribution in [0.2, 0.25) is 0 Å². The molecule has 2 rings (SSSR count). The summed E-state index contributed by atoms with van der Waals surface area (Å²) in [7, 11) is 2.91. The zero-order chi connectivity index (χ0) is 18.6. The first kappa shape index (κ1) is 19.2. The van der Waals surface area contributed by atoms with Crippen molar-refractivity contribution in [2.24, 2.45) is 0 Å². The Morgan fingerprint density at radius 2 is 2.00 bits per heavy atom. The Labute approximate surface area is 148 Å². The standard InChI is InChI=1S/C16H19F3N4OS/c1-5-25-13-7-12(24-4)11(6-9(13)2)22-15-21-8-10(16(17,18)19)14(20-3)23-15/h6-8H,5H2,1-4H3,(H2,20,21,22,23). The molecule has 0 bridgehead atoms. The second-order valence-corrected chi connectivity index (χ2v) is 6.39. The predicted molar refractivity (Wildman–Crippen MR) is 94.0 cm³/mol. The number of ether oxygens (including phenoxy) is 1. The maximum atomic E-state index is 12.9. The van der Waals surface area contributed by atoms with E-state index < -0.39 is 11.7 Å². The Bertz CT molecular complexity index is 753. The number of rotatable bonds is 6. The number of aryl methyl sites for hydroxylation is 1. The van der Waals surface area contributed by atoms with Crippen LogP contribution >= 0.6 is 11.8 Å². The number of nitrogens with one attached hydrogen (secondary N) is 2. The van der Waals surface area contributed by atoms with Gasteiger partial charge in [-0.3, -0.25) is 0 Å². The van der Waals surface area contributed by atoms with E-state index in [0.29, 0.717) is 11.4 Å². The van der Waals surface area contributed by atoms with Crippen molar-refractivity contribution in [2.75, 3.05) is 30.5 Å². The first-order valence-electron chi connectivity index (χ1n) is 7.50. The second kappa shape index (κ2) is 7.81. The zero-order valence-electron chi connectivity index (χ0n) is 14.3. The first-order valence-corrected chi connectivity index (χ1v) is 8.49. The van der Waals surface area contributed by atoms with Crippen molar-refractivity contribution in [3.63, 3.8) is 0 Å². The molecule has 0 amide bonds. The van der Waals surface area contributed by atoms with Gasteiger partial charge in [-0.15, -0.1) is 11.8 Å². The van der Waals surface area contributed by atoms with E-state index >= 15 is 0 Å². The van der Waals surface area contributed by atoms with Crippen LogP contribution in [0.4, 0.5) is 30.6 Å². The molecule has 1 heterocycles. The number of hydrogen-bond donors (Lipinski definition) is 2. The van der Waals surface area contributed by atoms with E-state index in [4.69, 9.17) is 4.74 Å². The summed E-state index contributed by atoms with van der Waals surface area (Å²) in [5, 5.41) is 5.37. The van der Waals surface area contributed by atoms with Gasteiger partial charge in [0, 0.05) is 18.1 Å². The fourth-order valence-corrected chi connectivity index (χ4v) is 3.00. The van der Waals surface area contributed by atoms with Crippen molar-refractivity contribution in [1.82, 2.24) is 9.97 Å². The molecule has 0 spiro atoms. The highest BCUT2D eigenvalue weighted by molar-refractivity contribution is 7.99. The summed E-state index contributed by atoms with van der Waals surface area (Å²) < 4.78 is 44.1. The lowest BCUT2D eigenvalue weighted by Crippen LogP contribution is -2.12. The van der Waals surface area contributed by atoms with E-state index in [1.165, 1.54) is 14.2 Å². The predicted octanol–water partition coefficient (Wildman–Crippen LogP) is 4.71. The Kier molecular flexibility index (Phi) is 5.99. The molecule has 0 atom stereocenters. The molecule has 0 aliphatic carbocycles. The molecule has 1 aromatic heterocycles. The van der Waals surface area contributed by atoms with Crippen molar-refractivity contribution < 1.29 is 17.9 Å². The van der Waals surface area contributed by atoms with Crippen LogP contribution in [0.1, 0.15) is 18.1 Å². The minimum Gasteiger partial charge on any atom is -0.495 e. The van der Waals surface area contributed by atoms with Gasteiger partial charge in [-0.25, -0.2) is 4.98 Å². The first-order chi connectivity index (χ1) is 11.8. The highest BCUT2D eigenvalue weighted by Crippen LogP contribution is 2.36. The average molecular weight is 372 g/mol. The summed E-state index contributed by atoms with van der Waals surface area (Å²) in [5.74, 6) is 1.24. The van der Waals surface area contributed by atoms with E-state index in [0.717, 1.165) is 22.4 Å². The van der Waals surface area contributed by atoms with Crippen molar-refractivity contribution in [3.05, 3.63) is 29.5 Å². The Morgan fingerprint density at radius 1 is 1.28 bits per heavy atom. The quantitative estimate of drug-likeness (QED) is 0.716. The summed E-state index contributed by atoms with van der Waals surface area (Å²) in [6.07, 6.45) is -3.77. The van der Waals surface area contributed by atoms with Gasteiger partial charge in [0.25, 0.3) is 0 Å². The van der Waals surface area contributed by atoms with Crippen LogP contribution in [0.3, 0.4) is 0 Å². The summed E-state index contributed by atoms with van der Waals surface area (Å²) in [5.41, 5.74) is 0.691. The number of hydrogen-bond acceptors (Lipinski definition) is 6. The molecule has 25 heavy (non-hydrogen) atoms. The Balaban J connectivity index is 2.38. The van der Waals surface area contributed by atoms with Crippen molar-refractivity contribution in [2.45, 2.75) is 24.9 Å². The minimum absolute atomic E-state index is 0.0472. The van der Waals surface area contributed by atoms with Crippen LogP contribution in [-0.2, 0) is 6.18 Å². The molecule has 0 saturated heterocycles. The van der Waals surface area contributed by atoms with Crippen LogP contribution in [-0.4, -0.2) is 29.9 Å². The van der Waals surface area contributed by atoms with Gasteiger partial charge in [-0.05, 0) is 30.4 Å². The summed E-state index contributed by atoms with van der Waals surface area (Å²) in [6, 6.07) is 3.74. The van der Waals surface area contributed by atoms with Gasteiger partial charge in [0.15, 0.2) is 0 Å². The number of methoxy groups -OCH3 is 1. The molecule has 0 unspecified atom stereocenters. The van der Waals surface area contributed by atoms with Crippen LogP contribution < -0.4 is 15.4 Å².